The van der Waals surface area contributed by atoms with Crippen molar-refractivity contribution < 1.29 is 9.53 Å². The van der Waals surface area contributed by atoms with Gasteiger partial charge in [-0.15, -0.1) is 0 Å². The van der Waals surface area contributed by atoms with Gasteiger partial charge in [0, 0.05) is 12.7 Å². The smallest absolute Gasteiger partial charge is 0.329 e. The molecule has 1 atom stereocenters. The third kappa shape index (κ3) is 4.14. The Morgan fingerprint density at radius 3 is 2.89 bits per heavy atom. The fourth-order valence-electron chi connectivity index (χ4n) is 1.77. The largest absolute Gasteiger partial charge is 0.464 e. The first-order valence-corrected chi connectivity index (χ1v) is 6.62. The van der Waals surface area contributed by atoms with Gasteiger partial charge in [-0.25, -0.2) is 9.78 Å². The van der Waals surface area contributed by atoms with E-state index in [1.807, 2.05) is 24.6 Å². The Morgan fingerprint density at radius 2 is 2.28 bits per heavy atom. The van der Waals surface area contributed by atoms with E-state index in [0.29, 0.717) is 13.0 Å². The van der Waals surface area contributed by atoms with Crippen molar-refractivity contribution in [3.63, 3.8) is 0 Å². The van der Waals surface area contributed by atoms with Crippen LogP contribution >= 0.6 is 0 Å². The summed E-state index contributed by atoms with van der Waals surface area (Å²) in [5.41, 5.74) is 0.950. The molecular formula is C13H23N3O2. The molecule has 0 fully saturated rings. The van der Waals surface area contributed by atoms with E-state index in [1.54, 1.807) is 6.33 Å². The molecule has 1 heterocycles. The monoisotopic (exact) mass is 253 g/mol. The van der Waals surface area contributed by atoms with Crippen molar-refractivity contribution in [3.8, 4) is 0 Å². The molecule has 0 saturated carbocycles. The summed E-state index contributed by atoms with van der Waals surface area (Å²) in [5, 5.41) is 3.28. The molecule has 0 bridgehead atoms. The van der Waals surface area contributed by atoms with E-state index < -0.39 is 0 Å². The Labute approximate surface area is 109 Å². The normalized spacial score (nSPS) is 12.4. The molecule has 0 aliphatic rings. The second-order valence-electron chi connectivity index (χ2n) is 4.17. The number of ether oxygens (including phenoxy) is 1. The van der Waals surface area contributed by atoms with E-state index in [2.05, 4.69) is 17.2 Å². The average molecular weight is 253 g/mol. The van der Waals surface area contributed by atoms with Gasteiger partial charge in [0.05, 0.1) is 18.6 Å². The van der Waals surface area contributed by atoms with Gasteiger partial charge in [0.1, 0.15) is 6.04 Å². The van der Waals surface area contributed by atoms with E-state index in [4.69, 9.17) is 4.74 Å². The minimum atomic E-state index is -0.266. The molecule has 0 aliphatic heterocycles. The zero-order valence-corrected chi connectivity index (χ0v) is 11.5. The number of carbonyl (C=O) groups excluding carboxylic acids is 1. The Kier molecular flexibility index (Phi) is 6.43. The second-order valence-corrected chi connectivity index (χ2v) is 4.17. The van der Waals surface area contributed by atoms with Gasteiger partial charge in [0.25, 0.3) is 0 Å². The molecule has 0 aliphatic carbocycles. The van der Waals surface area contributed by atoms with Gasteiger partial charge in [0.15, 0.2) is 0 Å². The maximum atomic E-state index is 11.8. The highest BCUT2D eigenvalue weighted by molar-refractivity contribution is 5.74. The van der Waals surface area contributed by atoms with Gasteiger partial charge >= 0.3 is 5.97 Å². The molecule has 0 saturated heterocycles. The van der Waals surface area contributed by atoms with Crippen molar-refractivity contribution in [3.05, 3.63) is 18.2 Å². The fraction of sp³-hybridized carbons (Fsp3) is 0.692. The van der Waals surface area contributed by atoms with Crippen LogP contribution in [0.3, 0.4) is 0 Å². The first-order chi connectivity index (χ1) is 8.72. The SMILES string of the molecule is CCCNCc1cn(C(CC)C(=O)OCC)cn1. The minimum Gasteiger partial charge on any atom is -0.464 e. The summed E-state index contributed by atoms with van der Waals surface area (Å²) in [6.45, 7) is 8.03. The maximum Gasteiger partial charge on any atom is 0.329 e. The predicted molar refractivity (Wildman–Crippen MR) is 70.2 cm³/mol. The van der Waals surface area contributed by atoms with Crippen LogP contribution in [0.2, 0.25) is 0 Å². The molecule has 1 unspecified atom stereocenters. The van der Waals surface area contributed by atoms with Crippen LogP contribution in [0.4, 0.5) is 0 Å². The van der Waals surface area contributed by atoms with Gasteiger partial charge in [-0.1, -0.05) is 13.8 Å². The molecule has 5 nitrogen and oxygen atoms in total. The second kappa shape index (κ2) is 7.87. The van der Waals surface area contributed by atoms with Crippen LogP contribution in [-0.2, 0) is 16.1 Å². The van der Waals surface area contributed by atoms with Gasteiger partial charge < -0.3 is 14.6 Å². The third-order valence-corrected chi connectivity index (χ3v) is 2.69. The molecule has 0 radical (unpaired) electrons. The lowest BCUT2D eigenvalue weighted by Crippen LogP contribution is -2.20. The third-order valence-electron chi connectivity index (χ3n) is 2.69. The van der Waals surface area contributed by atoms with Gasteiger partial charge in [-0.2, -0.15) is 0 Å². The van der Waals surface area contributed by atoms with Crippen molar-refractivity contribution in [1.82, 2.24) is 14.9 Å². The molecule has 1 aromatic rings. The van der Waals surface area contributed by atoms with E-state index in [0.717, 1.165) is 25.2 Å². The summed E-state index contributed by atoms with van der Waals surface area (Å²) >= 11 is 0. The van der Waals surface area contributed by atoms with Crippen LogP contribution in [-0.4, -0.2) is 28.7 Å². The number of rotatable bonds is 8. The molecule has 1 rings (SSSR count). The number of hydrogen-bond donors (Lipinski definition) is 1. The van der Waals surface area contributed by atoms with E-state index >= 15 is 0 Å². The van der Waals surface area contributed by atoms with Crippen LogP contribution in [0, 0.1) is 0 Å². The molecule has 0 aromatic carbocycles. The molecule has 1 N–H and O–H groups in total. The highest BCUT2D eigenvalue weighted by atomic mass is 16.5. The molecule has 18 heavy (non-hydrogen) atoms. The number of nitrogens with one attached hydrogen (secondary N) is 1. The van der Waals surface area contributed by atoms with Crippen molar-refractivity contribution in [2.75, 3.05) is 13.2 Å². The first kappa shape index (κ1) is 14.7. The van der Waals surface area contributed by atoms with E-state index in [1.165, 1.54) is 0 Å². The first-order valence-electron chi connectivity index (χ1n) is 6.62. The lowest BCUT2D eigenvalue weighted by Gasteiger charge is -2.14. The molecule has 102 valence electrons. The Balaban J connectivity index is 2.61. The highest BCUT2D eigenvalue weighted by Gasteiger charge is 2.19. The van der Waals surface area contributed by atoms with Crippen LogP contribution < -0.4 is 5.32 Å². The van der Waals surface area contributed by atoms with Crippen molar-refractivity contribution >= 4 is 5.97 Å². The molecule has 0 spiro atoms. The summed E-state index contributed by atoms with van der Waals surface area (Å²) in [7, 11) is 0. The molecular weight excluding hydrogens is 230 g/mol. The van der Waals surface area contributed by atoms with Gasteiger partial charge in [-0.3, -0.25) is 0 Å². The standard InChI is InChI=1S/C13H23N3O2/c1-4-7-14-8-11-9-16(10-15-11)12(5-2)13(17)18-6-3/h9-10,12,14H,4-8H2,1-3H3. The number of nitrogens with zero attached hydrogens (tertiary/aromatic N) is 2. The zero-order chi connectivity index (χ0) is 13.4. The maximum absolute atomic E-state index is 11.8. The fourth-order valence-corrected chi connectivity index (χ4v) is 1.77. The van der Waals surface area contributed by atoms with Crippen molar-refractivity contribution in [2.24, 2.45) is 0 Å². The van der Waals surface area contributed by atoms with Gasteiger partial charge in [0.2, 0.25) is 0 Å². The quantitative estimate of drug-likeness (QED) is 0.568. The Bertz CT molecular complexity index is 363. The summed E-state index contributed by atoms with van der Waals surface area (Å²) < 4.78 is 6.89. The van der Waals surface area contributed by atoms with E-state index in [9.17, 15) is 4.79 Å². The number of esters is 1. The predicted octanol–water partition coefficient (Wildman–Crippen LogP) is 1.90. The lowest BCUT2D eigenvalue weighted by molar-refractivity contribution is -0.147. The Hall–Kier alpha value is -1.36. The lowest BCUT2D eigenvalue weighted by atomic mass is 10.2. The number of imidazole rings is 1. The number of hydrogen-bond acceptors (Lipinski definition) is 4. The summed E-state index contributed by atoms with van der Waals surface area (Å²) in [6, 6.07) is -0.266. The molecule has 0 amide bonds. The van der Waals surface area contributed by atoms with Crippen LogP contribution in [0.5, 0.6) is 0 Å². The minimum absolute atomic E-state index is 0.189. The number of aromatic nitrogens is 2. The van der Waals surface area contributed by atoms with Crippen molar-refractivity contribution in [2.45, 2.75) is 46.2 Å². The summed E-state index contributed by atoms with van der Waals surface area (Å²) in [4.78, 5) is 16.0. The number of carbonyl (C=O) groups is 1. The Morgan fingerprint density at radius 1 is 1.50 bits per heavy atom. The van der Waals surface area contributed by atoms with Crippen LogP contribution in [0.15, 0.2) is 12.5 Å². The van der Waals surface area contributed by atoms with Crippen LogP contribution in [0.25, 0.3) is 0 Å². The topological polar surface area (TPSA) is 56.2 Å². The van der Waals surface area contributed by atoms with Crippen LogP contribution in [0.1, 0.15) is 45.3 Å². The van der Waals surface area contributed by atoms with Crippen molar-refractivity contribution in [1.29, 1.82) is 0 Å². The van der Waals surface area contributed by atoms with Gasteiger partial charge in [-0.05, 0) is 26.3 Å². The average Bonchev–Trinajstić information content (AvgIpc) is 2.79. The summed E-state index contributed by atoms with van der Waals surface area (Å²) in [6.07, 6.45) is 5.42. The molecule has 1 aromatic heterocycles. The summed E-state index contributed by atoms with van der Waals surface area (Å²) in [5.74, 6) is -0.189. The highest BCUT2D eigenvalue weighted by Crippen LogP contribution is 2.14. The molecule has 5 heteroatoms. The zero-order valence-electron chi connectivity index (χ0n) is 11.5. The van der Waals surface area contributed by atoms with E-state index in [-0.39, 0.29) is 12.0 Å².